The molecule has 1 aromatic rings. The lowest BCUT2D eigenvalue weighted by molar-refractivity contribution is 0.168. The highest BCUT2D eigenvalue weighted by Crippen LogP contribution is 2.22. The first-order valence-electron chi connectivity index (χ1n) is 5.00. The maximum Gasteiger partial charge on any atom is 0.411 e. The summed E-state index contributed by atoms with van der Waals surface area (Å²) in [4.78, 5) is 11.2. The molecule has 0 saturated carbocycles. The van der Waals surface area contributed by atoms with Gasteiger partial charge in [0.25, 0.3) is 0 Å². The fraction of sp³-hybridized carbons (Fsp3) is 0.250. The summed E-state index contributed by atoms with van der Waals surface area (Å²) >= 11 is 5.91. The Kier molecular flexibility index (Phi) is 5.34. The average molecular weight is 254 g/mol. The maximum atomic E-state index is 11.2. The van der Waals surface area contributed by atoms with E-state index in [1.807, 2.05) is 0 Å². The Morgan fingerprint density at radius 3 is 3.00 bits per heavy atom. The monoisotopic (exact) mass is 253 g/mol. The highest BCUT2D eigenvalue weighted by molar-refractivity contribution is 6.33. The molecule has 4 nitrogen and oxygen atoms in total. The standard InChI is InChI=1S/C12H12ClNO3/c1-2-17-12(16)14-11-8-9(4-3-7-15)5-6-10(11)13/h5-6,8,15H,2,7H2,1H3,(H,14,16). The molecule has 5 heteroatoms. The first-order valence-corrected chi connectivity index (χ1v) is 5.38. The van der Waals surface area contributed by atoms with E-state index < -0.39 is 6.09 Å². The van der Waals surface area contributed by atoms with E-state index in [0.717, 1.165) is 0 Å². The first kappa shape index (κ1) is 13.4. The lowest BCUT2D eigenvalue weighted by atomic mass is 10.2. The van der Waals surface area contributed by atoms with Crippen LogP contribution in [0.1, 0.15) is 12.5 Å². The smallest absolute Gasteiger partial charge is 0.411 e. The molecule has 0 radical (unpaired) electrons. The van der Waals surface area contributed by atoms with Gasteiger partial charge in [0.15, 0.2) is 0 Å². The minimum absolute atomic E-state index is 0.219. The van der Waals surface area contributed by atoms with Gasteiger partial charge in [0.1, 0.15) is 6.61 Å². The van der Waals surface area contributed by atoms with Crippen molar-refractivity contribution < 1.29 is 14.6 Å². The van der Waals surface area contributed by atoms with Crippen LogP contribution in [0.15, 0.2) is 18.2 Å². The number of rotatable bonds is 2. The Labute approximate surface area is 105 Å². The molecule has 0 aliphatic heterocycles. The van der Waals surface area contributed by atoms with Crippen LogP contribution >= 0.6 is 11.6 Å². The Bertz CT molecular complexity index is 463. The summed E-state index contributed by atoms with van der Waals surface area (Å²) in [7, 11) is 0. The summed E-state index contributed by atoms with van der Waals surface area (Å²) in [6.45, 7) is 1.78. The Morgan fingerprint density at radius 2 is 2.35 bits per heavy atom. The molecule has 0 bridgehead atoms. The number of anilines is 1. The van der Waals surface area contributed by atoms with Crippen LogP contribution in [0.2, 0.25) is 5.02 Å². The van der Waals surface area contributed by atoms with Crippen LogP contribution in [0, 0.1) is 11.8 Å². The van der Waals surface area contributed by atoms with E-state index in [0.29, 0.717) is 16.3 Å². The van der Waals surface area contributed by atoms with Crippen molar-refractivity contribution in [2.45, 2.75) is 6.92 Å². The number of aliphatic hydroxyl groups excluding tert-OH is 1. The molecule has 0 fully saturated rings. The van der Waals surface area contributed by atoms with Crippen LogP contribution in [0.4, 0.5) is 10.5 Å². The topological polar surface area (TPSA) is 58.6 Å². The quantitative estimate of drug-likeness (QED) is 0.795. The van der Waals surface area contributed by atoms with E-state index in [1.54, 1.807) is 25.1 Å². The number of carbonyl (C=O) groups excluding carboxylic acids is 1. The highest BCUT2D eigenvalue weighted by Gasteiger charge is 2.06. The molecular weight excluding hydrogens is 242 g/mol. The number of amides is 1. The molecule has 0 spiro atoms. The fourth-order valence-corrected chi connectivity index (χ4v) is 1.28. The number of hydrogen-bond donors (Lipinski definition) is 2. The van der Waals surface area contributed by atoms with E-state index in [1.165, 1.54) is 0 Å². The zero-order chi connectivity index (χ0) is 12.7. The molecule has 2 N–H and O–H groups in total. The third-order valence-corrected chi connectivity index (χ3v) is 2.12. The lowest BCUT2D eigenvalue weighted by Gasteiger charge is -2.07. The first-order chi connectivity index (χ1) is 8.17. The van der Waals surface area contributed by atoms with Crippen molar-refractivity contribution in [3.8, 4) is 11.8 Å². The van der Waals surface area contributed by atoms with Crippen molar-refractivity contribution in [3.63, 3.8) is 0 Å². The normalized spacial score (nSPS) is 9.12. The van der Waals surface area contributed by atoms with Gasteiger partial charge in [0.2, 0.25) is 0 Å². The second-order valence-corrected chi connectivity index (χ2v) is 3.41. The molecule has 17 heavy (non-hydrogen) atoms. The van der Waals surface area contributed by atoms with Crippen LogP contribution in [0.25, 0.3) is 0 Å². The zero-order valence-electron chi connectivity index (χ0n) is 9.29. The fourth-order valence-electron chi connectivity index (χ4n) is 1.12. The van der Waals surface area contributed by atoms with E-state index in [4.69, 9.17) is 21.4 Å². The number of halogens is 1. The molecule has 0 atom stereocenters. The second kappa shape index (κ2) is 6.79. The summed E-state index contributed by atoms with van der Waals surface area (Å²) < 4.78 is 4.74. The number of carbonyl (C=O) groups is 1. The predicted molar refractivity (Wildman–Crippen MR) is 66.1 cm³/mol. The average Bonchev–Trinajstić information content (AvgIpc) is 2.30. The van der Waals surface area contributed by atoms with Crippen molar-refractivity contribution in [1.82, 2.24) is 0 Å². The lowest BCUT2D eigenvalue weighted by Crippen LogP contribution is -2.13. The number of benzene rings is 1. The van der Waals surface area contributed by atoms with Crippen LogP contribution in [0.3, 0.4) is 0 Å². The summed E-state index contributed by atoms with van der Waals surface area (Å²) in [5.74, 6) is 5.22. The maximum absolute atomic E-state index is 11.2. The minimum atomic E-state index is -0.568. The molecule has 90 valence electrons. The van der Waals surface area contributed by atoms with Gasteiger partial charge in [-0.05, 0) is 25.1 Å². The van der Waals surface area contributed by atoms with E-state index >= 15 is 0 Å². The summed E-state index contributed by atoms with van der Waals surface area (Å²) in [5, 5.41) is 11.5. The van der Waals surface area contributed by atoms with Crippen molar-refractivity contribution in [3.05, 3.63) is 28.8 Å². The molecule has 0 aliphatic rings. The van der Waals surface area contributed by atoms with Gasteiger partial charge in [0.05, 0.1) is 17.3 Å². The van der Waals surface area contributed by atoms with Gasteiger partial charge in [-0.1, -0.05) is 23.4 Å². The largest absolute Gasteiger partial charge is 0.450 e. The van der Waals surface area contributed by atoms with Crippen LogP contribution in [0.5, 0.6) is 0 Å². The van der Waals surface area contributed by atoms with Crippen LogP contribution in [-0.4, -0.2) is 24.4 Å². The number of hydrogen-bond acceptors (Lipinski definition) is 3. The highest BCUT2D eigenvalue weighted by atomic mass is 35.5. The van der Waals surface area contributed by atoms with Gasteiger partial charge in [0, 0.05) is 5.56 Å². The Balaban J connectivity index is 2.86. The van der Waals surface area contributed by atoms with Gasteiger partial charge in [-0.3, -0.25) is 5.32 Å². The Morgan fingerprint density at radius 1 is 1.59 bits per heavy atom. The summed E-state index contributed by atoms with van der Waals surface area (Å²) in [5.41, 5.74) is 1.07. The number of ether oxygens (including phenoxy) is 1. The van der Waals surface area contributed by atoms with Crippen molar-refractivity contribution in [1.29, 1.82) is 0 Å². The van der Waals surface area contributed by atoms with Crippen LogP contribution in [-0.2, 0) is 4.74 Å². The molecule has 0 saturated heterocycles. The van der Waals surface area contributed by atoms with E-state index in [-0.39, 0.29) is 13.2 Å². The SMILES string of the molecule is CCOC(=O)Nc1cc(C#CCO)ccc1Cl. The number of aliphatic hydroxyl groups is 1. The Hall–Kier alpha value is -1.70. The van der Waals surface area contributed by atoms with E-state index in [9.17, 15) is 4.79 Å². The third-order valence-electron chi connectivity index (χ3n) is 1.79. The molecular formula is C12H12ClNO3. The molecule has 0 heterocycles. The molecule has 1 rings (SSSR count). The summed E-state index contributed by atoms with van der Waals surface area (Å²) in [6.07, 6.45) is -0.568. The molecule has 0 aliphatic carbocycles. The predicted octanol–water partition coefficient (Wildman–Crippen LogP) is 2.25. The second-order valence-electron chi connectivity index (χ2n) is 3.00. The van der Waals surface area contributed by atoms with Gasteiger partial charge >= 0.3 is 6.09 Å². The molecule has 0 aromatic heterocycles. The third kappa shape index (κ3) is 4.35. The number of nitrogens with one attached hydrogen (secondary N) is 1. The molecule has 1 aromatic carbocycles. The van der Waals surface area contributed by atoms with E-state index in [2.05, 4.69) is 17.2 Å². The van der Waals surface area contributed by atoms with Crippen LogP contribution < -0.4 is 5.32 Å². The minimum Gasteiger partial charge on any atom is -0.450 e. The molecule has 0 unspecified atom stereocenters. The zero-order valence-corrected chi connectivity index (χ0v) is 10.0. The van der Waals surface area contributed by atoms with Gasteiger partial charge in [-0.15, -0.1) is 0 Å². The van der Waals surface area contributed by atoms with Crippen molar-refractivity contribution in [2.24, 2.45) is 0 Å². The molecule has 1 amide bonds. The van der Waals surface area contributed by atoms with Crippen molar-refractivity contribution in [2.75, 3.05) is 18.5 Å². The van der Waals surface area contributed by atoms with Gasteiger partial charge in [-0.2, -0.15) is 0 Å². The van der Waals surface area contributed by atoms with Gasteiger partial charge < -0.3 is 9.84 Å². The van der Waals surface area contributed by atoms with Gasteiger partial charge in [-0.25, -0.2) is 4.79 Å². The van der Waals surface area contributed by atoms with Crippen molar-refractivity contribution >= 4 is 23.4 Å². The summed E-state index contributed by atoms with van der Waals surface area (Å²) in [6, 6.07) is 4.92.